The van der Waals surface area contributed by atoms with Gasteiger partial charge in [-0.1, -0.05) is 24.0 Å². The minimum Gasteiger partial charge on any atom is -0.351 e. The van der Waals surface area contributed by atoms with Crippen molar-refractivity contribution in [3.8, 4) is 11.8 Å². The first-order chi connectivity index (χ1) is 10.0. The molecule has 1 heterocycles. The molecule has 0 aliphatic carbocycles. The Labute approximate surface area is 124 Å². The van der Waals surface area contributed by atoms with Gasteiger partial charge in [-0.15, -0.1) is 0 Å². The summed E-state index contributed by atoms with van der Waals surface area (Å²) in [4.78, 5) is 12.2. The molecule has 0 radical (unpaired) electrons. The van der Waals surface area contributed by atoms with Gasteiger partial charge < -0.3 is 11.1 Å². The molecule has 21 heavy (non-hydrogen) atoms. The number of nitrogens with one attached hydrogen (secondary N) is 1. The smallest absolute Gasteiger partial charge is 0.252 e. The molecule has 0 spiro atoms. The number of carbonyl (C=O) groups is 1. The Kier molecular flexibility index (Phi) is 4.99. The van der Waals surface area contributed by atoms with E-state index in [0.29, 0.717) is 24.0 Å². The molecule has 3 N–H and O–H groups in total. The van der Waals surface area contributed by atoms with E-state index in [2.05, 4.69) is 17.2 Å². The van der Waals surface area contributed by atoms with Gasteiger partial charge in [-0.05, 0) is 25.0 Å². The SMILES string of the molecule is NCC#Cc1ccccc1C(=O)NCC1CCCS1(=O)=O. The maximum absolute atomic E-state index is 12.2. The fourth-order valence-electron chi connectivity index (χ4n) is 2.33. The lowest BCUT2D eigenvalue weighted by atomic mass is 10.1. The Hall–Kier alpha value is -1.84. The van der Waals surface area contributed by atoms with Crippen molar-refractivity contribution in [2.45, 2.75) is 18.1 Å². The van der Waals surface area contributed by atoms with E-state index in [1.54, 1.807) is 24.3 Å². The van der Waals surface area contributed by atoms with Crippen LogP contribution in [0.25, 0.3) is 0 Å². The molecule has 2 rings (SSSR count). The number of sulfone groups is 1. The monoisotopic (exact) mass is 306 g/mol. The molecule has 5 nitrogen and oxygen atoms in total. The standard InChI is InChI=1S/C15H18N2O3S/c16-9-3-6-12-5-1-2-8-14(12)15(18)17-11-13-7-4-10-21(13,19)20/h1-2,5,8,13H,4,7,9-11,16H2,(H,17,18). The maximum atomic E-state index is 12.2. The highest BCUT2D eigenvalue weighted by molar-refractivity contribution is 7.92. The highest BCUT2D eigenvalue weighted by atomic mass is 32.2. The Balaban J connectivity index is 2.07. The quantitative estimate of drug-likeness (QED) is 0.786. The second-order valence-electron chi connectivity index (χ2n) is 4.89. The van der Waals surface area contributed by atoms with Gasteiger partial charge in [-0.25, -0.2) is 8.42 Å². The molecular formula is C15H18N2O3S. The van der Waals surface area contributed by atoms with Crippen LogP contribution in [0.4, 0.5) is 0 Å². The van der Waals surface area contributed by atoms with E-state index in [4.69, 9.17) is 5.73 Å². The lowest BCUT2D eigenvalue weighted by molar-refractivity contribution is 0.0953. The van der Waals surface area contributed by atoms with Crippen LogP contribution in [0.15, 0.2) is 24.3 Å². The van der Waals surface area contributed by atoms with Crippen LogP contribution >= 0.6 is 0 Å². The Bertz CT molecular complexity index is 686. The lowest BCUT2D eigenvalue weighted by Gasteiger charge is -2.11. The zero-order chi connectivity index (χ0) is 15.3. The molecule has 1 aromatic rings. The summed E-state index contributed by atoms with van der Waals surface area (Å²) in [6.07, 6.45) is 1.28. The number of nitrogens with two attached hydrogens (primary N) is 1. The molecular weight excluding hydrogens is 288 g/mol. The zero-order valence-electron chi connectivity index (χ0n) is 11.6. The number of benzene rings is 1. The largest absolute Gasteiger partial charge is 0.351 e. The second-order valence-corrected chi connectivity index (χ2v) is 7.29. The van der Waals surface area contributed by atoms with Crippen molar-refractivity contribution in [2.75, 3.05) is 18.8 Å². The molecule has 0 saturated carbocycles. The van der Waals surface area contributed by atoms with E-state index in [1.165, 1.54) is 0 Å². The van der Waals surface area contributed by atoms with E-state index < -0.39 is 15.1 Å². The number of hydrogen-bond donors (Lipinski definition) is 2. The average Bonchev–Trinajstić information content (AvgIpc) is 2.81. The van der Waals surface area contributed by atoms with Gasteiger partial charge in [0.15, 0.2) is 9.84 Å². The molecule has 1 unspecified atom stereocenters. The number of rotatable bonds is 3. The summed E-state index contributed by atoms with van der Waals surface area (Å²) >= 11 is 0. The summed E-state index contributed by atoms with van der Waals surface area (Å²) in [6.45, 7) is 0.371. The van der Waals surface area contributed by atoms with Crippen LogP contribution in [0, 0.1) is 11.8 Å². The van der Waals surface area contributed by atoms with E-state index in [9.17, 15) is 13.2 Å². The fourth-order valence-corrected chi connectivity index (χ4v) is 4.09. The predicted octanol–water partition coefficient (Wildman–Crippen LogP) is 0.304. The first-order valence-corrected chi connectivity index (χ1v) is 8.54. The summed E-state index contributed by atoms with van der Waals surface area (Å²) in [7, 11) is -3.05. The van der Waals surface area contributed by atoms with E-state index in [1.807, 2.05) is 0 Å². The molecule has 6 heteroatoms. The fraction of sp³-hybridized carbons (Fsp3) is 0.400. The van der Waals surface area contributed by atoms with Crippen LogP contribution in [0.5, 0.6) is 0 Å². The molecule has 1 fully saturated rings. The lowest BCUT2D eigenvalue weighted by Crippen LogP contribution is -2.34. The first-order valence-electron chi connectivity index (χ1n) is 6.82. The highest BCUT2D eigenvalue weighted by Crippen LogP contribution is 2.19. The van der Waals surface area contributed by atoms with Gasteiger partial charge in [0.1, 0.15) is 0 Å². The number of carbonyl (C=O) groups excluding carboxylic acids is 1. The van der Waals surface area contributed by atoms with Crippen molar-refractivity contribution in [3.05, 3.63) is 35.4 Å². The highest BCUT2D eigenvalue weighted by Gasteiger charge is 2.31. The Morgan fingerprint density at radius 1 is 1.38 bits per heavy atom. The van der Waals surface area contributed by atoms with E-state index in [-0.39, 0.29) is 24.7 Å². The zero-order valence-corrected chi connectivity index (χ0v) is 12.4. The summed E-state index contributed by atoms with van der Waals surface area (Å²) in [6, 6.07) is 6.94. The van der Waals surface area contributed by atoms with Gasteiger partial charge in [-0.3, -0.25) is 4.79 Å². The van der Waals surface area contributed by atoms with Gasteiger partial charge >= 0.3 is 0 Å². The predicted molar refractivity (Wildman–Crippen MR) is 81.5 cm³/mol. The molecule has 1 aliphatic heterocycles. The van der Waals surface area contributed by atoms with Gasteiger partial charge in [0, 0.05) is 12.1 Å². The van der Waals surface area contributed by atoms with Crippen LogP contribution < -0.4 is 11.1 Å². The van der Waals surface area contributed by atoms with Gasteiger partial charge in [-0.2, -0.15) is 0 Å². The average molecular weight is 306 g/mol. The minimum absolute atomic E-state index is 0.153. The van der Waals surface area contributed by atoms with Gasteiger partial charge in [0.2, 0.25) is 0 Å². The van der Waals surface area contributed by atoms with E-state index >= 15 is 0 Å². The summed E-state index contributed by atoms with van der Waals surface area (Å²) < 4.78 is 23.5. The van der Waals surface area contributed by atoms with Crippen molar-refractivity contribution in [1.82, 2.24) is 5.32 Å². The molecule has 1 atom stereocenters. The number of hydrogen-bond acceptors (Lipinski definition) is 4. The van der Waals surface area contributed by atoms with Crippen molar-refractivity contribution >= 4 is 15.7 Å². The molecule has 1 saturated heterocycles. The third-order valence-electron chi connectivity index (χ3n) is 3.45. The van der Waals surface area contributed by atoms with E-state index in [0.717, 1.165) is 0 Å². The topological polar surface area (TPSA) is 89.3 Å². The Morgan fingerprint density at radius 3 is 2.81 bits per heavy atom. The van der Waals surface area contributed by atoms with Crippen LogP contribution in [0.2, 0.25) is 0 Å². The minimum atomic E-state index is -3.05. The normalized spacial score (nSPS) is 19.6. The molecule has 1 aliphatic rings. The Morgan fingerprint density at radius 2 is 2.14 bits per heavy atom. The third kappa shape index (κ3) is 3.84. The molecule has 1 aromatic carbocycles. The van der Waals surface area contributed by atoms with Gasteiger partial charge in [0.25, 0.3) is 5.91 Å². The van der Waals surface area contributed by atoms with Crippen molar-refractivity contribution in [1.29, 1.82) is 0 Å². The molecule has 0 aromatic heterocycles. The van der Waals surface area contributed by atoms with Crippen molar-refractivity contribution in [2.24, 2.45) is 5.73 Å². The summed E-state index contributed by atoms with van der Waals surface area (Å²) in [5, 5.41) is 2.23. The van der Waals surface area contributed by atoms with Crippen LogP contribution in [-0.4, -0.2) is 38.4 Å². The van der Waals surface area contributed by atoms with Crippen LogP contribution in [-0.2, 0) is 9.84 Å². The molecule has 0 bridgehead atoms. The van der Waals surface area contributed by atoms with Crippen LogP contribution in [0.1, 0.15) is 28.8 Å². The molecule has 112 valence electrons. The molecule has 1 amide bonds. The van der Waals surface area contributed by atoms with Gasteiger partial charge in [0.05, 0.1) is 23.1 Å². The summed E-state index contributed by atoms with van der Waals surface area (Å²) in [5.41, 5.74) is 6.36. The first kappa shape index (κ1) is 15.5. The number of amides is 1. The summed E-state index contributed by atoms with van der Waals surface area (Å²) in [5.74, 6) is 5.46. The van der Waals surface area contributed by atoms with Crippen molar-refractivity contribution in [3.63, 3.8) is 0 Å². The second kappa shape index (κ2) is 6.74. The maximum Gasteiger partial charge on any atom is 0.252 e. The third-order valence-corrected chi connectivity index (χ3v) is 5.73. The van der Waals surface area contributed by atoms with Crippen LogP contribution in [0.3, 0.4) is 0 Å². The van der Waals surface area contributed by atoms with Crippen molar-refractivity contribution < 1.29 is 13.2 Å².